The second-order valence-corrected chi connectivity index (χ2v) is 19.7. The van der Waals surface area contributed by atoms with Gasteiger partial charge in [-0.1, -0.05) is 171 Å². The van der Waals surface area contributed by atoms with Crippen LogP contribution in [0.2, 0.25) is 0 Å². The number of nitrogens with zero attached hydrogens (tertiary/aromatic N) is 4. The van der Waals surface area contributed by atoms with Crippen LogP contribution in [0, 0.1) is 23.1 Å². The predicted octanol–water partition coefficient (Wildman–Crippen LogP) is 15.7. The SMILES string of the molecule is [2H]C([2H])(c1ccnc(-n2c3ccccc3c3ccc(Oc4cccc(-n5[c-][n+](-c6c(-c7cccc(C([2H])([2H])C(C)(C)C)c7)cccc6-c6cccc(C([2H])([2H])C(C)(C)C)c6)c6ccccc65)c4)cc32)c1)C(C)C. The van der Waals surface area contributed by atoms with Gasteiger partial charge in [-0.05, 0) is 123 Å². The molecule has 0 radical (unpaired) electrons. The minimum Gasteiger partial charge on any atom is -0.458 e. The van der Waals surface area contributed by atoms with Gasteiger partial charge < -0.3 is 4.74 Å². The molecule has 10 aromatic rings. The second kappa shape index (κ2) is 17.5. The lowest BCUT2D eigenvalue weighted by Gasteiger charge is -2.21. The van der Waals surface area contributed by atoms with E-state index in [1.54, 1.807) is 12.3 Å². The van der Waals surface area contributed by atoms with Crippen molar-refractivity contribution >= 4 is 32.8 Å². The Morgan fingerprint density at radius 2 is 1.19 bits per heavy atom. The van der Waals surface area contributed by atoms with Gasteiger partial charge in [-0.2, -0.15) is 0 Å². The maximum atomic E-state index is 9.23. The summed E-state index contributed by atoms with van der Waals surface area (Å²) in [5.41, 5.74) is 9.04. The average Bonchev–Trinajstić information content (AvgIpc) is 3.91. The maximum Gasteiger partial charge on any atom is 0.269 e. The van der Waals surface area contributed by atoms with Crippen LogP contribution in [-0.2, 0) is 19.1 Å². The van der Waals surface area contributed by atoms with Gasteiger partial charge in [-0.25, -0.2) is 4.98 Å². The van der Waals surface area contributed by atoms with E-state index in [2.05, 4.69) is 57.9 Å². The van der Waals surface area contributed by atoms with Gasteiger partial charge in [0.15, 0.2) is 0 Å². The number of para-hydroxylation sites is 4. The monoisotopic (exact) mass is 883 g/mol. The molecule has 0 fully saturated rings. The molecule has 67 heavy (non-hydrogen) atoms. The van der Waals surface area contributed by atoms with Crippen molar-refractivity contribution in [1.29, 1.82) is 0 Å². The van der Waals surface area contributed by atoms with Crippen molar-refractivity contribution in [1.82, 2.24) is 14.1 Å². The zero-order valence-electron chi connectivity index (χ0n) is 45.5. The van der Waals surface area contributed by atoms with E-state index in [0.717, 1.165) is 66.5 Å². The van der Waals surface area contributed by atoms with Crippen LogP contribution in [0.15, 0.2) is 176 Å². The third-order valence-corrected chi connectivity index (χ3v) is 11.6. The molecule has 0 saturated heterocycles. The van der Waals surface area contributed by atoms with Crippen LogP contribution < -0.4 is 9.30 Å². The van der Waals surface area contributed by atoms with Crippen LogP contribution in [0.4, 0.5) is 0 Å². The van der Waals surface area contributed by atoms with Crippen LogP contribution >= 0.6 is 0 Å². The maximum absolute atomic E-state index is 9.23. The summed E-state index contributed by atoms with van der Waals surface area (Å²) in [4.78, 5) is 4.77. The van der Waals surface area contributed by atoms with Crippen molar-refractivity contribution in [3.8, 4) is 50.9 Å². The number of aromatic nitrogens is 4. The number of fused-ring (bicyclic) bond motifs is 4. The largest absolute Gasteiger partial charge is 0.458 e. The van der Waals surface area contributed by atoms with Gasteiger partial charge in [0.05, 0.1) is 33.4 Å². The van der Waals surface area contributed by atoms with Crippen LogP contribution in [0.5, 0.6) is 11.5 Å². The van der Waals surface area contributed by atoms with Crippen molar-refractivity contribution in [2.45, 2.75) is 74.5 Å². The first-order valence-corrected chi connectivity index (χ1v) is 23.1. The lowest BCUT2D eigenvalue weighted by Crippen LogP contribution is -2.31. The first-order valence-electron chi connectivity index (χ1n) is 26.1. The summed E-state index contributed by atoms with van der Waals surface area (Å²) < 4.78 is 67.6. The Morgan fingerprint density at radius 3 is 1.88 bits per heavy atom. The van der Waals surface area contributed by atoms with Gasteiger partial charge >= 0.3 is 0 Å². The normalized spacial score (nSPS) is 14.2. The molecule has 0 spiro atoms. The highest BCUT2D eigenvalue weighted by atomic mass is 16.5. The smallest absolute Gasteiger partial charge is 0.269 e. The van der Waals surface area contributed by atoms with E-state index in [0.29, 0.717) is 34.0 Å². The molecule has 3 aromatic heterocycles. The molecule has 3 heterocycles. The Labute approximate surface area is 404 Å². The molecule has 0 saturated carbocycles. The summed E-state index contributed by atoms with van der Waals surface area (Å²) in [6.45, 7) is 15.3. The molecular weight excluding hydrogens is 817 g/mol. The third-order valence-electron chi connectivity index (χ3n) is 11.6. The topological polar surface area (TPSA) is 35.9 Å². The first-order chi connectivity index (χ1) is 34.6. The molecule has 0 aliphatic heterocycles. The highest BCUT2D eigenvalue weighted by Gasteiger charge is 2.22. The Bertz CT molecular complexity index is 3640. The van der Waals surface area contributed by atoms with E-state index in [1.165, 1.54) is 0 Å². The zero-order valence-corrected chi connectivity index (χ0v) is 39.5. The molecule has 5 heteroatoms. The summed E-state index contributed by atoms with van der Waals surface area (Å²) in [7, 11) is 0. The summed E-state index contributed by atoms with van der Waals surface area (Å²) in [5, 5.41) is 2.07. The number of imidazole rings is 1. The van der Waals surface area contributed by atoms with E-state index in [4.69, 9.17) is 12.5 Å². The molecule has 0 aliphatic carbocycles. The third kappa shape index (κ3) is 9.16. The molecule has 7 aromatic carbocycles. The summed E-state index contributed by atoms with van der Waals surface area (Å²) >= 11 is 0. The fourth-order valence-corrected chi connectivity index (χ4v) is 9.11. The Balaban J connectivity index is 1.11. The fraction of sp³-hybridized carbons (Fsp3) is 0.226. The molecule has 0 N–H and O–H groups in total. The van der Waals surface area contributed by atoms with Crippen molar-refractivity contribution in [2.75, 3.05) is 0 Å². The molecule has 0 aliphatic rings. The standard InChI is InChI=1S/C62H60N4O/c1-42(2)33-43-31-32-63-59(36-43)66-55-26-10-9-23-53(55)54-30-29-50(38-58(54)66)67-49-22-15-21-48(37-49)64-41-65(57-28-12-11-27-56(57)64)60-51(46-19-13-17-44(34-46)39-61(3,4)5)24-16-25-52(60)47-20-14-18-45(35-47)40-62(6,7)8/h9-32,34-38,42H,33,39-40H2,1-8H3/i33D2,39D2,40D2. The van der Waals surface area contributed by atoms with Gasteiger partial charge in [0.25, 0.3) is 6.33 Å². The quantitative estimate of drug-likeness (QED) is 0.0958. The van der Waals surface area contributed by atoms with Crippen molar-refractivity contribution in [3.63, 3.8) is 0 Å². The van der Waals surface area contributed by atoms with Crippen LogP contribution in [0.25, 0.3) is 72.3 Å². The van der Waals surface area contributed by atoms with Crippen molar-refractivity contribution in [3.05, 3.63) is 199 Å². The lowest BCUT2D eigenvalue weighted by atomic mass is 9.86. The summed E-state index contributed by atoms with van der Waals surface area (Å²) in [6.07, 6.45) is 0.629. The molecular formula is C62H60N4O. The minimum atomic E-state index is -1.63. The van der Waals surface area contributed by atoms with Crippen LogP contribution in [-0.4, -0.2) is 14.1 Å². The van der Waals surface area contributed by atoms with Crippen molar-refractivity contribution in [2.24, 2.45) is 16.7 Å². The summed E-state index contributed by atoms with van der Waals surface area (Å²) in [6, 6.07) is 55.6. The number of hydrogen-bond acceptors (Lipinski definition) is 2. The van der Waals surface area contributed by atoms with Gasteiger partial charge in [0.1, 0.15) is 17.3 Å². The minimum absolute atomic E-state index is 0.231. The van der Waals surface area contributed by atoms with Gasteiger partial charge in [-0.15, -0.1) is 0 Å². The number of benzene rings is 7. The highest BCUT2D eigenvalue weighted by molar-refractivity contribution is 6.09. The average molecular weight is 883 g/mol. The van der Waals surface area contributed by atoms with Crippen molar-refractivity contribution < 1.29 is 17.5 Å². The number of ether oxygens (including phenoxy) is 1. The Hall–Kier alpha value is -7.24. The van der Waals surface area contributed by atoms with Gasteiger partial charge in [-0.3, -0.25) is 13.7 Å². The van der Waals surface area contributed by atoms with E-state index in [9.17, 15) is 5.48 Å². The number of rotatable bonds is 11. The van der Waals surface area contributed by atoms with E-state index in [-0.39, 0.29) is 5.92 Å². The van der Waals surface area contributed by atoms with Crippen LogP contribution in [0.3, 0.4) is 0 Å². The Kier molecular flexibility index (Phi) is 9.66. The molecule has 10 rings (SSSR count). The molecule has 0 unspecified atom stereocenters. The fourth-order valence-electron chi connectivity index (χ4n) is 9.11. The molecule has 5 nitrogen and oxygen atoms in total. The molecule has 0 atom stereocenters. The zero-order chi connectivity index (χ0) is 51.8. The Morgan fingerprint density at radius 1 is 0.582 bits per heavy atom. The van der Waals surface area contributed by atoms with E-state index >= 15 is 0 Å². The predicted molar refractivity (Wildman–Crippen MR) is 278 cm³/mol. The summed E-state index contributed by atoms with van der Waals surface area (Å²) in [5.74, 6) is 1.62. The molecule has 0 bridgehead atoms. The van der Waals surface area contributed by atoms with Crippen LogP contribution in [0.1, 0.15) is 80.3 Å². The van der Waals surface area contributed by atoms with Gasteiger partial charge in [0, 0.05) is 31.3 Å². The van der Waals surface area contributed by atoms with E-state index < -0.39 is 29.9 Å². The number of hydrogen-bond donors (Lipinski definition) is 0. The number of pyridine rings is 1. The molecule has 334 valence electrons. The lowest BCUT2D eigenvalue weighted by molar-refractivity contribution is -0.571. The highest BCUT2D eigenvalue weighted by Crippen LogP contribution is 2.38. The molecule has 0 amide bonds. The second-order valence-electron chi connectivity index (χ2n) is 19.7. The van der Waals surface area contributed by atoms with E-state index in [1.807, 2.05) is 181 Å². The van der Waals surface area contributed by atoms with Gasteiger partial charge in [0.2, 0.25) is 0 Å². The first kappa shape index (κ1) is 36.9.